The van der Waals surface area contributed by atoms with Gasteiger partial charge in [0.05, 0.1) is 0 Å². The summed E-state index contributed by atoms with van der Waals surface area (Å²) >= 11 is 0. The molecule has 0 radical (unpaired) electrons. The van der Waals surface area contributed by atoms with Gasteiger partial charge in [-0.1, -0.05) is 174 Å². The molecule has 0 spiro atoms. The predicted molar refractivity (Wildman–Crippen MR) is 188 cm³/mol. The summed E-state index contributed by atoms with van der Waals surface area (Å²) in [5.74, 6) is 0. The van der Waals surface area contributed by atoms with Crippen LogP contribution in [0.25, 0.3) is 0 Å². The third kappa shape index (κ3) is 7.12. The number of hydrogen-bond acceptors (Lipinski definition) is 2. The van der Waals surface area contributed by atoms with Crippen LogP contribution in [-0.4, -0.2) is 25.2 Å². The van der Waals surface area contributed by atoms with E-state index in [1.807, 2.05) is 0 Å². The zero-order chi connectivity index (χ0) is 26.5. The quantitative estimate of drug-likeness (QED) is 0.177. The molecule has 0 saturated heterocycles. The first-order chi connectivity index (χ1) is 18.4. The molecule has 5 rings (SSSR count). The summed E-state index contributed by atoms with van der Waals surface area (Å²) in [5.41, 5.74) is 0. The third-order valence-electron chi connectivity index (χ3n) is 7.39. The molecule has 0 heterocycles. The normalized spacial score (nSPS) is 11.4. The van der Waals surface area contributed by atoms with Gasteiger partial charge in [0, 0.05) is 0 Å². The topological polar surface area (TPSA) is 18.5 Å². The lowest BCUT2D eigenvalue weighted by Crippen LogP contribution is -2.72. The monoisotopic (exact) mass is 594 g/mol. The molecular formula is C36H46O2Si3. The Labute approximate surface area is 252 Å². The molecule has 41 heavy (non-hydrogen) atoms. The molecule has 2 nitrogen and oxygen atoms in total. The lowest BCUT2D eigenvalue weighted by atomic mass is 10.4. The van der Waals surface area contributed by atoms with E-state index in [-0.39, 0.29) is 22.3 Å². The highest BCUT2D eigenvalue weighted by atomic mass is 28.5. The summed E-state index contributed by atoms with van der Waals surface area (Å²) in [6.07, 6.45) is 0. The van der Waals surface area contributed by atoms with Crippen LogP contribution in [0.3, 0.4) is 0 Å². The molecular weight excluding hydrogens is 549 g/mol. The average molecular weight is 595 g/mol. The van der Waals surface area contributed by atoms with E-state index in [1.54, 1.807) is 0 Å². The Hall–Kier alpha value is -3.33. The molecule has 0 aliphatic carbocycles. The summed E-state index contributed by atoms with van der Waals surface area (Å²) < 4.78 is 15.2. The highest BCUT2D eigenvalue weighted by Gasteiger charge is 2.50. The Morgan fingerprint density at radius 3 is 0.732 bits per heavy atom. The van der Waals surface area contributed by atoms with Crippen molar-refractivity contribution in [1.82, 2.24) is 0 Å². The van der Waals surface area contributed by atoms with Crippen LogP contribution in [0.2, 0.25) is 19.6 Å². The van der Waals surface area contributed by atoms with Crippen LogP contribution >= 0.6 is 0 Å². The molecule has 0 fully saturated rings. The minimum Gasteiger partial charge on any atom is -0.425 e. The highest BCUT2D eigenvalue weighted by Crippen LogP contribution is 2.22. The fourth-order valence-corrected chi connectivity index (χ4v) is 19.6. The smallest absolute Gasteiger partial charge is 0.349 e. The molecule has 0 amide bonds. The molecule has 214 valence electrons. The Morgan fingerprint density at radius 2 is 0.512 bits per heavy atom. The van der Waals surface area contributed by atoms with Crippen LogP contribution in [0.5, 0.6) is 0 Å². The first-order valence-electron chi connectivity index (χ1n) is 13.1. The van der Waals surface area contributed by atoms with Crippen molar-refractivity contribution < 1.29 is 8.23 Å². The third-order valence-corrected chi connectivity index (χ3v) is 20.9. The molecule has 5 aromatic rings. The Kier molecular flexibility index (Phi) is 12.0. The van der Waals surface area contributed by atoms with Crippen LogP contribution < -0.4 is 25.9 Å². The minimum absolute atomic E-state index is 0. The van der Waals surface area contributed by atoms with E-state index in [2.05, 4.69) is 171 Å². The van der Waals surface area contributed by atoms with Crippen molar-refractivity contribution in [2.45, 2.75) is 41.9 Å². The van der Waals surface area contributed by atoms with Gasteiger partial charge in [-0.2, -0.15) is 0 Å². The van der Waals surface area contributed by atoms with Gasteiger partial charge >= 0.3 is 8.56 Å². The Balaban J connectivity index is 0.00000196. The number of hydrogen-bond donors (Lipinski definition) is 0. The molecule has 0 saturated carbocycles. The Bertz CT molecular complexity index is 1260. The molecule has 0 aliphatic heterocycles. The standard InChI is InChI=1S/C33H34O2Si3.3CH4/c1-36(29-19-9-4-10-20-29,30-21-11-5-12-22-30)34-38(3,33-27-17-8-18-28-33)35-37(2,31-23-13-6-14-24-31)32-25-15-7-16-26-32;;;/h4-28H,1-3H3;3*1H4. The molecule has 0 aliphatic rings. The van der Waals surface area contributed by atoms with Crippen molar-refractivity contribution in [2.24, 2.45) is 0 Å². The van der Waals surface area contributed by atoms with Gasteiger partial charge in [-0.3, -0.25) is 0 Å². The number of rotatable bonds is 9. The molecule has 0 atom stereocenters. The lowest BCUT2D eigenvalue weighted by molar-refractivity contribution is 0.415. The van der Waals surface area contributed by atoms with E-state index in [1.165, 1.54) is 20.7 Å². The van der Waals surface area contributed by atoms with Gasteiger partial charge in [-0.15, -0.1) is 0 Å². The highest BCUT2D eigenvalue weighted by molar-refractivity contribution is 7.07. The maximum absolute atomic E-state index is 7.61. The van der Waals surface area contributed by atoms with Gasteiger partial charge in [0.15, 0.2) is 0 Å². The van der Waals surface area contributed by atoms with E-state index in [4.69, 9.17) is 8.23 Å². The van der Waals surface area contributed by atoms with Crippen molar-refractivity contribution >= 4 is 51.1 Å². The fraction of sp³-hybridized carbons (Fsp3) is 0.167. The summed E-state index contributed by atoms with van der Waals surface area (Å²) in [7, 11) is -8.33. The van der Waals surface area contributed by atoms with Crippen LogP contribution in [0.15, 0.2) is 152 Å². The van der Waals surface area contributed by atoms with Crippen LogP contribution in [-0.2, 0) is 8.23 Å². The van der Waals surface area contributed by atoms with Crippen molar-refractivity contribution in [3.05, 3.63) is 152 Å². The van der Waals surface area contributed by atoms with Crippen molar-refractivity contribution in [2.75, 3.05) is 0 Å². The van der Waals surface area contributed by atoms with Crippen molar-refractivity contribution in [3.63, 3.8) is 0 Å². The fourth-order valence-electron chi connectivity index (χ4n) is 5.25. The van der Waals surface area contributed by atoms with Gasteiger partial charge in [-0.05, 0) is 45.6 Å². The summed E-state index contributed by atoms with van der Waals surface area (Å²) in [6.45, 7) is 6.88. The van der Waals surface area contributed by atoms with Gasteiger partial charge in [-0.25, -0.2) is 0 Å². The van der Waals surface area contributed by atoms with Gasteiger partial charge in [0.25, 0.3) is 0 Å². The average Bonchev–Trinajstić information content (AvgIpc) is 2.99. The first kappa shape index (κ1) is 33.9. The van der Waals surface area contributed by atoms with Gasteiger partial charge in [0.1, 0.15) is 0 Å². The second-order valence-corrected chi connectivity index (χ2v) is 20.6. The minimum atomic E-state index is -3.00. The van der Waals surface area contributed by atoms with E-state index < -0.39 is 25.2 Å². The van der Waals surface area contributed by atoms with E-state index in [9.17, 15) is 0 Å². The molecule has 0 aromatic heterocycles. The number of benzene rings is 5. The lowest BCUT2D eigenvalue weighted by Gasteiger charge is -2.43. The maximum Gasteiger partial charge on any atom is 0.349 e. The predicted octanol–water partition coefficient (Wildman–Crippen LogP) is 6.69. The van der Waals surface area contributed by atoms with Crippen molar-refractivity contribution in [1.29, 1.82) is 0 Å². The largest absolute Gasteiger partial charge is 0.425 e. The SMILES string of the molecule is C.C.C.C[Si](O[Si](C)(c1ccccc1)c1ccccc1)(O[Si](C)(c1ccccc1)c1ccccc1)c1ccccc1. The summed E-state index contributed by atoms with van der Waals surface area (Å²) in [6, 6.07) is 53.5. The first-order valence-corrected chi connectivity index (χ1v) is 20.3. The second-order valence-electron chi connectivity index (χ2n) is 10.0. The molecule has 0 bridgehead atoms. The Morgan fingerprint density at radius 1 is 0.317 bits per heavy atom. The van der Waals surface area contributed by atoms with Gasteiger partial charge in [0.2, 0.25) is 16.6 Å². The van der Waals surface area contributed by atoms with Crippen LogP contribution in [0, 0.1) is 0 Å². The maximum atomic E-state index is 7.61. The molecule has 5 heteroatoms. The van der Waals surface area contributed by atoms with Gasteiger partial charge < -0.3 is 8.23 Å². The van der Waals surface area contributed by atoms with Crippen LogP contribution in [0.4, 0.5) is 0 Å². The van der Waals surface area contributed by atoms with E-state index in [0.717, 1.165) is 5.19 Å². The molecule has 5 aromatic carbocycles. The second kappa shape index (κ2) is 14.5. The zero-order valence-electron chi connectivity index (χ0n) is 22.3. The zero-order valence-corrected chi connectivity index (χ0v) is 25.3. The summed E-state index contributed by atoms with van der Waals surface area (Å²) in [4.78, 5) is 0. The molecule has 0 unspecified atom stereocenters. The van der Waals surface area contributed by atoms with Crippen molar-refractivity contribution in [3.8, 4) is 0 Å². The summed E-state index contributed by atoms with van der Waals surface area (Å²) in [5, 5.41) is 6.12. The molecule has 0 N–H and O–H groups in total. The van der Waals surface area contributed by atoms with E-state index >= 15 is 0 Å². The van der Waals surface area contributed by atoms with Crippen LogP contribution in [0.1, 0.15) is 22.3 Å². The van der Waals surface area contributed by atoms with E-state index in [0.29, 0.717) is 0 Å².